The molecule has 298 valence electrons. The Hall–Kier alpha value is -1.38. The Morgan fingerprint density at radius 1 is 0.280 bits per heavy atom. The van der Waals surface area contributed by atoms with Crippen LogP contribution in [0, 0.1) is 0 Å². The molecule has 0 aromatic rings. The van der Waals surface area contributed by atoms with Crippen LogP contribution in [0.1, 0.15) is 117 Å². The first-order valence-corrected chi connectivity index (χ1v) is 19.6. The molecule has 0 aliphatic heterocycles. The SMILES string of the molecule is CCCCCCCCCC(=O)OCCOCCOCCOCCOCCOCCOCCOCCOCCOC(=O)CCCCCCCCC. The molecular weight excluding hydrogens is 648 g/mol. The number of rotatable bonds is 43. The van der Waals surface area contributed by atoms with Crippen molar-refractivity contribution in [2.24, 2.45) is 0 Å². The lowest BCUT2D eigenvalue weighted by molar-refractivity contribution is -0.146. The Morgan fingerprint density at radius 2 is 0.480 bits per heavy atom. The summed E-state index contributed by atoms with van der Waals surface area (Å²) in [5, 5.41) is 0. The van der Waals surface area contributed by atoms with Crippen LogP contribution in [0.15, 0.2) is 0 Å². The highest BCUT2D eigenvalue weighted by atomic mass is 16.6. The van der Waals surface area contributed by atoms with Crippen molar-refractivity contribution in [1.29, 1.82) is 0 Å². The van der Waals surface area contributed by atoms with E-state index in [1.165, 1.54) is 64.2 Å². The molecule has 0 aromatic heterocycles. The van der Waals surface area contributed by atoms with E-state index in [0.717, 1.165) is 25.7 Å². The Kier molecular flexibility index (Phi) is 42.6. The van der Waals surface area contributed by atoms with Crippen molar-refractivity contribution >= 4 is 11.9 Å². The summed E-state index contributed by atoms with van der Waals surface area (Å²) in [6.45, 7) is 12.5. The molecule has 0 heterocycles. The van der Waals surface area contributed by atoms with Gasteiger partial charge in [-0.2, -0.15) is 0 Å². The third-order valence-corrected chi connectivity index (χ3v) is 7.55. The van der Waals surface area contributed by atoms with Crippen LogP contribution in [0.4, 0.5) is 0 Å². The minimum absolute atomic E-state index is 0.142. The van der Waals surface area contributed by atoms with E-state index in [2.05, 4.69) is 13.8 Å². The van der Waals surface area contributed by atoms with Gasteiger partial charge in [0.2, 0.25) is 0 Å². The fourth-order valence-corrected chi connectivity index (χ4v) is 4.67. The van der Waals surface area contributed by atoms with E-state index in [1.807, 2.05) is 0 Å². The highest BCUT2D eigenvalue weighted by molar-refractivity contribution is 5.69. The quantitative estimate of drug-likeness (QED) is 0.0505. The van der Waals surface area contributed by atoms with Gasteiger partial charge >= 0.3 is 11.9 Å². The highest BCUT2D eigenvalue weighted by Crippen LogP contribution is 2.10. The van der Waals surface area contributed by atoms with Gasteiger partial charge < -0.3 is 47.4 Å². The summed E-state index contributed by atoms with van der Waals surface area (Å²) in [5.41, 5.74) is 0. The molecule has 0 unspecified atom stereocenters. The lowest BCUT2D eigenvalue weighted by Gasteiger charge is -2.09. The van der Waals surface area contributed by atoms with E-state index in [-0.39, 0.29) is 25.2 Å². The number of ether oxygens (including phenoxy) is 10. The number of carbonyl (C=O) groups excluding carboxylic acids is 2. The first-order chi connectivity index (χ1) is 24.7. The van der Waals surface area contributed by atoms with E-state index in [0.29, 0.717) is 119 Å². The van der Waals surface area contributed by atoms with Crippen LogP contribution in [-0.2, 0) is 57.0 Å². The fourth-order valence-electron chi connectivity index (χ4n) is 4.67. The molecule has 0 atom stereocenters. The number of hydrogen-bond donors (Lipinski definition) is 0. The molecule has 12 heteroatoms. The standard InChI is InChI=1S/C38H74O12/c1-3-5-7-9-11-13-15-17-37(39)49-35-33-47-31-29-45-27-25-43-23-21-41-19-20-42-22-24-44-26-28-46-30-32-48-34-36-50-38(40)18-16-14-12-10-8-6-4-2/h3-36H2,1-2H3. The minimum Gasteiger partial charge on any atom is -0.463 e. The van der Waals surface area contributed by atoms with Gasteiger partial charge in [0.15, 0.2) is 0 Å². The van der Waals surface area contributed by atoms with Gasteiger partial charge in [0, 0.05) is 12.8 Å². The van der Waals surface area contributed by atoms with E-state index >= 15 is 0 Å². The number of carbonyl (C=O) groups is 2. The molecule has 0 aliphatic rings. The van der Waals surface area contributed by atoms with Gasteiger partial charge in [0.1, 0.15) is 13.2 Å². The molecule has 0 aliphatic carbocycles. The zero-order valence-corrected chi connectivity index (χ0v) is 31.9. The van der Waals surface area contributed by atoms with E-state index in [1.54, 1.807) is 0 Å². The molecule has 0 amide bonds. The summed E-state index contributed by atoms with van der Waals surface area (Å²) in [6.07, 6.45) is 17.6. The molecule has 0 rings (SSSR count). The van der Waals surface area contributed by atoms with Crippen LogP contribution in [0.3, 0.4) is 0 Å². The molecule has 0 saturated carbocycles. The first kappa shape index (κ1) is 48.6. The summed E-state index contributed by atoms with van der Waals surface area (Å²) in [4.78, 5) is 23.4. The lowest BCUT2D eigenvalue weighted by Crippen LogP contribution is -2.15. The molecule has 50 heavy (non-hydrogen) atoms. The fraction of sp³-hybridized carbons (Fsp3) is 0.947. The van der Waals surface area contributed by atoms with Gasteiger partial charge in [-0.25, -0.2) is 0 Å². The van der Waals surface area contributed by atoms with Gasteiger partial charge in [0.05, 0.1) is 106 Å². The number of esters is 2. The molecule has 0 N–H and O–H groups in total. The Balaban J connectivity index is 3.15. The molecule has 12 nitrogen and oxygen atoms in total. The van der Waals surface area contributed by atoms with Crippen LogP contribution >= 0.6 is 0 Å². The van der Waals surface area contributed by atoms with Crippen LogP contribution in [0.25, 0.3) is 0 Å². The second kappa shape index (κ2) is 43.8. The maximum absolute atomic E-state index is 11.7. The van der Waals surface area contributed by atoms with E-state index in [4.69, 9.17) is 47.4 Å². The Morgan fingerprint density at radius 3 is 0.720 bits per heavy atom. The van der Waals surface area contributed by atoms with Crippen molar-refractivity contribution in [3.63, 3.8) is 0 Å². The molecule has 0 saturated heterocycles. The second-order valence-electron chi connectivity index (χ2n) is 12.1. The third-order valence-electron chi connectivity index (χ3n) is 7.55. The van der Waals surface area contributed by atoms with Crippen LogP contribution in [-0.4, -0.2) is 131 Å². The largest absolute Gasteiger partial charge is 0.463 e. The van der Waals surface area contributed by atoms with Crippen LogP contribution < -0.4 is 0 Å². The predicted molar refractivity (Wildman–Crippen MR) is 194 cm³/mol. The van der Waals surface area contributed by atoms with Crippen molar-refractivity contribution in [3.05, 3.63) is 0 Å². The predicted octanol–water partition coefficient (Wildman–Crippen LogP) is 6.49. The summed E-state index contributed by atoms with van der Waals surface area (Å²) in [6, 6.07) is 0. The van der Waals surface area contributed by atoms with Crippen LogP contribution in [0.2, 0.25) is 0 Å². The summed E-state index contributed by atoms with van der Waals surface area (Å²) < 4.78 is 54.1. The second-order valence-corrected chi connectivity index (χ2v) is 12.1. The van der Waals surface area contributed by atoms with Gasteiger partial charge in [-0.1, -0.05) is 90.9 Å². The van der Waals surface area contributed by atoms with Gasteiger partial charge in [-0.05, 0) is 12.8 Å². The van der Waals surface area contributed by atoms with E-state index in [9.17, 15) is 9.59 Å². The molecule has 0 radical (unpaired) electrons. The van der Waals surface area contributed by atoms with Crippen molar-refractivity contribution in [3.8, 4) is 0 Å². The Labute approximate surface area is 304 Å². The number of unbranched alkanes of at least 4 members (excludes halogenated alkanes) is 12. The summed E-state index contributed by atoms with van der Waals surface area (Å²) >= 11 is 0. The normalized spacial score (nSPS) is 11.3. The number of hydrogen-bond acceptors (Lipinski definition) is 12. The zero-order valence-electron chi connectivity index (χ0n) is 31.9. The first-order valence-electron chi connectivity index (χ1n) is 19.6. The van der Waals surface area contributed by atoms with Crippen molar-refractivity contribution in [2.75, 3.05) is 119 Å². The van der Waals surface area contributed by atoms with Crippen molar-refractivity contribution < 1.29 is 57.0 Å². The molecular formula is C38H74O12. The average molecular weight is 723 g/mol. The monoisotopic (exact) mass is 723 g/mol. The smallest absolute Gasteiger partial charge is 0.305 e. The summed E-state index contributed by atoms with van der Waals surface area (Å²) in [5.74, 6) is -0.284. The maximum atomic E-state index is 11.7. The highest BCUT2D eigenvalue weighted by Gasteiger charge is 2.04. The molecule has 0 aromatic carbocycles. The zero-order chi connectivity index (χ0) is 36.3. The van der Waals surface area contributed by atoms with Gasteiger partial charge in [-0.3, -0.25) is 9.59 Å². The molecule has 0 fully saturated rings. The summed E-state index contributed by atoms with van der Waals surface area (Å²) in [7, 11) is 0. The average Bonchev–Trinajstić information content (AvgIpc) is 3.12. The van der Waals surface area contributed by atoms with Gasteiger partial charge in [0.25, 0.3) is 0 Å². The Bertz CT molecular complexity index is 626. The molecule has 0 bridgehead atoms. The van der Waals surface area contributed by atoms with Crippen molar-refractivity contribution in [2.45, 2.75) is 117 Å². The topological polar surface area (TPSA) is 126 Å². The molecule has 0 spiro atoms. The van der Waals surface area contributed by atoms with Crippen molar-refractivity contribution in [1.82, 2.24) is 0 Å². The maximum Gasteiger partial charge on any atom is 0.305 e. The van der Waals surface area contributed by atoms with E-state index < -0.39 is 0 Å². The van der Waals surface area contributed by atoms with Crippen LogP contribution in [0.5, 0.6) is 0 Å². The van der Waals surface area contributed by atoms with Gasteiger partial charge in [-0.15, -0.1) is 0 Å². The lowest BCUT2D eigenvalue weighted by atomic mass is 10.1. The minimum atomic E-state index is -0.142. The third kappa shape index (κ3) is 42.8.